The first-order chi connectivity index (χ1) is 10.2. The van der Waals surface area contributed by atoms with E-state index in [0.717, 1.165) is 22.3 Å². The van der Waals surface area contributed by atoms with E-state index in [9.17, 15) is 8.42 Å². The Morgan fingerprint density at radius 1 is 1.05 bits per heavy atom. The van der Waals surface area contributed by atoms with Gasteiger partial charge in [-0.25, -0.2) is 8.42 Å². The minimum absolute atomic E-state index is 0.245. The van der Waals surface area contributed by atoms with Crippen molar-refractivity contribution in [1.82, 2.24) is 4.31 Å². The normalized spacial score (nSPS) is 11.9. The quantitative estimate of drug-likeness (QED) is 0.842. The van der Waals surface area contributed by atoms with Gasteiger partial charge in [-0.1, -0.05) is 47.5 Å². The molecule has 0 atom stereocenters. The van der Waals surface area contributed by atoms with Gasteiger partial charge in [0, 0.05) is 18.6 Å². The lowest BCUT2D eigenvalue weighted by Crippen LogP contribution is -2.28. The number of sulfonamides is 1. The van der Waals surface area contributed by atoms with E-state index in [2.05, 4.69) is 0 Å². The average Bonchev–Trinajstić information content (AvgIpc) is 2.39. The van der Waals surface area contributed by atoms with Gasteiger partial charge in [-0.2, -0.15) is 4.31 Å². The molecule has 0 bridgehead atoms. The second kappa shape index (κ2) is 6.41. The summed E-state index contributed by atoms with van der Waals surface area (Å²) in [5.74, 6) is 0. The monoisotopic (exact) mass is 337 g/mol. The van der Waals surface area contributed by atoms with Crippen molar-refractivity contribution in [3.63, 3.8) is 0 Å². The number of rotatable bonds is 4. The van der Waals surface area contributed by atoms with Crippen molar-refractivity contribution in [2.45, 2.75) is 32.2 Å². The second-order valence-corrected chi connectivity index (χ2v) is 7.97. The highest BCUT2D eigenvalue weighted by Crippen LogP contribution is 2.26. The number of aryl methyl sites for hydroxylation is 3. The first-order valence-electron chi connectivity index (χ1n) is 7.01. The summed E-state index contributed by atoms with van der Waals surface area (Å²) in [6.07, 6.45) is 0. The Kier molecular flexibility index (Phi) is 4.95. The number of nitrogens with zero attached hydrogens (tertiary/aromatic N) is 1. The minimum atomic E-state index is -3.56. The van der Waals surface area contributed by atoms with E-state index in [0.29, 0.717) is 9.92 Å². The van der Waals surface area contributed by atoms with Crippen LogP contribution in [0.1, 0.15) is 22.3 Å². The van der Waals surface area contributed by atoms with Crippen LogP contribution in [0.25, 0.3) is 0 Å². The van der Waals surface area contributed by atoms with E-state index in [1.807, 2.05) is 51.1 Å². The molecule has 0 amide bonds. The Hall–Kier alpha value is -1.36. The van der Waals surface area contributed by atoms with Gasteiger partial charge in [0.05, 0.1) is 4.90 Å². The molecule has 22 heavy (non-hydrogen) atoms. The topological polar surface area (TPSA) is 37.4 Å². The standard InChI is InChI=1S/C17H20ClNO2S/c1-12-9-13(2)17(14(3)10-12)22(20,21)19(4)11-15-7-5-6-8-16(15)18/h5-10H,11H2,1-4H3. The number of hydrogen-bond donors (Lipinski definition) is 0. The van der Waals surface area contributed by atoms with Crippen molar-refractivity contribution >= 4 is 21.6 Å². The van der Waals surface area contributed by atoms with Crippen LogP contribution in [0, 0.1) is 20.8 Å². The summed E-state index contributed by atoms with van der Waals surface area (Å²) in [6, 6.07) is 11.1. The molecule has 0 saturated carbocycles. The molecule has 0 N–H and O–H groups in total. The summed E-state index contributed by atoms with van der Waals surface area (Å²) >= 11 is 6.13. The fourth-order valence-electron chi connectivity index (χ4n) is 2.68. The zero-order valence-corrected chi connectivity index (χ0v) is 14.8. The Bertz CT molecular complexity index is 777. The van der Waals surface area contributed by atoms with Crippen molar-refractivity contribution in [3.8, 4) is 0 Å². The molecule has 0 heterocycles. The highest BCUT2D eigenvalue weighted by Gasteiger charge is 2.25. The summed E-state index contributed by atoms with van der Waals surface area (Å²) < 4.78 is 27.1. The predicted molar refractivity (Wildman–Crippen MR) is 90.8 cm³/mol. The Morgan fingerprint density at radius 3 is 2.14 bits per heavy atom. The third kappa shape index (κ3) is 3.35. The molecule has 0 saturated heterocycles. The maximum atomic E-state index is 12.9. The van der Waals surface area contributed by atoms with Crippen LogP contribution >= 0.6 is 11.6 Å². The van der Waals surface area contributed by atoms with Crippen LogP contribution in [0.4, 0.5) is 0 Å². The molecule has 2 aromatic carbocycles. The molecule has 0 aliphatic carbocycles. The molecule has 0 spiro atoms. The molecule has 0 radical (unpaired) electrons. The molecule has 118 valence electrons. The maximum absolute atomic E-state index is 12.9. The van der Waals surface area contributed by atoms with Crippen molar-refractivity contribution in [2.75, 3.05) is 7.05 Å². The van der Waals surface area contributed by atoms with Gasteiger partial charge in [-0.3, -0.25) is 0 Å². The van der Waals surface area contributed by atoms with Crippen LogP contribution in [-0.4, -0.2) is 19.8 Å². The van der Waals surface area contributed by atoms with Crippen LogP contribution in [0.3, 0.4) is 0 Å². The minimum Gasteiger partial charge on any atom is -0.207 e. The summed E-state index contributed by atoms with van der Waals surface area (Å²) in [6.45, 7) is 5.87. The summed E-state index contributed by atoms with van der Waals surface area (Å²) in [5, 5.41) is 0.571. The first-order valence-corrected chi connectivity index (χ1v) is 8.83. The predicted octanol–water partition coefficient (Wildman–Crippen LogP) is 4.09. The van der Waals surface area contributed by atoms with Crippen LogP contribution in [0.5, 0.6) is 0 Å². The van der Waals surface area contributed by atoms with Gasteiger partial charge < -0.3 is 0 Å². The summed E-state index contributed by atoms with van der Waals surface area (Å²) in [4.78, 5) is 0.382. The van der Waals surface area contributed by atoms with Crippen LogP contribution < -0.4 is 0 Å². The molecule has 3 nitrogen and oxygen atoms in total. The molecule has 2 rings (SSSR count). The zero-order chi connectivity index (χ0) is 16.5. The summed E-state index contributed by atoms with van der Waals surface area (Å²) in [7, 11) is -1.98. The zero-order valence-electron chi connectivity index (χ0n) is 13.2. The Balaban J connectivity index is 2.41. The van der Waals surface area contributed by atoms with E-state index < -0.39 is 10.0 Å². The fourth-order valence-corrected chi connectivity index (χ4v) is 4.43. The van der Waals surface area contributed by atoms with E-state index in [-0.39, 0.29) is 6.54 Å². The maximum Gasteiger partial charge on any atom is 0.243 e. The van der Waals surface area contributed by atoms with Gasteiger partial charge in [-0.05, 0) is 43.5 Å². The molecular formula is C17H20ClNO2S. The number of benzene rings is 2. The third-order valence-corrected chi connectivity index (χ3v) is 6.10. The molecule has 2 aromatic rings. The van der Waals surface area contributed by atoms with Crippen molar-refractivity contribution in [2.24, 2.45) is 0 Å². The fraction of sp³-hybridized carbons (Fsp3) is 0.294. The first kappa shape index (κ1) is 17.0. The molecule has 0 unspecified atom stereocenters. The number of halogens is 1. The lowest BCUT2D eigenvalue weighted by atomic mass is 10.1. The van der Waals surface area contributed by atoms with Gasteiger partial charge in [0.1, 0.15) is 0 Å². The third-order valence-electron chi connectivity index (χ3n) is 3.62. The van der Waals surface area contributed by atoms with Crippen molar-refractivity contribution in [3.05, 3.63) is 63.7 Å². The number of hydrogen-bond acceptors (Lipinski definition) is 2. The van der Waals surface area contributed by atoms with E-state index in [1.165, 1.54) is 4.31 Å². The molecular weight excluding hydrogens is 318 g/mol. The van der Waals surface area contributed by atoms with Gasteiger partial charge >= 0.3 is 0 Å². The molecule has 0 aliphatic heterocycles. The lowest BCUT2D eigenvalue weighted by molar-refractivity contribution is 0.466. The van der Waals surface area contributed by atoms with Crippen LogP contribution in [0.2, 0.25) is 5.02 Å². The lowest BCUT2D eigenvalue weighted by Gasteiger charge is -2.21. The second-order valence-electron chi connectivity index (χ2n) is 5.58. The Labute approximate surface area is 137 Å². The van der Waals surface area contributed by atoms with Crippen LogP contribution in [0.15, 0.2) is 41.3 Å². The highest BCUT2D eigenvalue weighted by atomic mass is 35.5. The van der Waals surface area contributed by atoms with Gasteiger partial charge in [0.25, 0.3) is 0 Å². The Morgan fingerprint density at radius 2 is 1.59 bits per heavy atom. The molecule has 0 aliphatic rings. The summed E-state index contributed by atoms with van der Waals surface area (Å²) in [5.41, 5.74) is 3.38. The SMILES string of the molecule is Cc1cc(C)c(S(=O)(=O)N(C)Cc2ccccc2Cl)c(C)c1. The van der Waals surface area contributed by atoms with Crippen molar-refractivity contribution in [1.29, 1.82) is 0 Å². The molecule has 0 aromatic heterocycles. The van der Waals surface area contributed by atoms with E-state index in [4.69, 9.17) is 11.6 Å². The van der Waals surface area contributed by atoms with Gasteiger partial charge in [-0.15, -0.1) is 0 Å². The largest absolute Gasteiger partial charge is 0.243 e. The van der Waals surface area contributed by atoms with Gasteiger partial charge in [0.15, 0.2) is 0 Å². The molecule has 5 heteroatoms. The van der Waals surface area contributed by atoms with Gasteiger partial charge in [0.2, 0.25) is 10.0 Å². The van der Waals surface area contributed by atoms with Crippen molar-refractivity contribution < 1.29 is 8.42 Å². The average molecular weight is 338 g/mol. The van der Waals surface area contributed by atoms with E-state index in [1.54, 1.807) is 13.1 Å². The van der Waals surface area contributed by atoms with E-state index >= 15 is 0 Å². The molecule has 0 fully saturated rings. The van der Waals surface area contributed by atoms with Crippen LogP contribution in [-0.2, 0) is 16.6 Å². The highest BCUT2D eigenvalue weighted by molar-refractivity contribution is 7.89. The smallest absolute Gasteiger partial charge is 0.207 e.